The molecule has 0 radical (unpaired) electrons. The first-order valence-corrected chi connectivity index (χ1v) is 9.10. The molecule has 1 aromatic heterocycles. The van der Waals surface area contributed by atoms with Crippen LogP contribution in [-0.4, -0.2) is 57.1 Å². The van der Waals surface area contributed by atoms with Crippen LogP contribution >= 0.6 is 11.8 Å². The molecule has 3 heterocycles. The van der Waals surface area contributed by atoms with E-state index in [9.17, 15) is 24.3 Å². The van der Waals surface area contributed by atoms with Crippen LogP contribution in [0.15, 0.2) is 27.7 Å². The quantitative estimate of drug-likeness (QED) is 0.782. The maximum Gasteiger partial charge on any atom is 0.326 e. The lowest BCUT2D eigenvalue weighted by molar-refractivity contribution is -0.152. The number of carboxylic acid groups (broad SMARTS) is 1. The number of imide groups is 1. The first-order valence-electron chi connectivity index (χ1n) is 8.28. The van der Waals surface area contributed by atoms with Gasteiger partial charge in [-0.15, -0.1) is 0 Å². The van der Waals surface area contributed by atoms with Crippen LogP contribution in [0, 0.1) is 0 Å². The van der Waals surface area contributed by atoms with Gasteiger partial charge in [-0.25, -0.2) is 4.79 Å². The molecule has 1 atom stereocenters. The summed E-state index contributed by atoms with van der Waals surface area (Å²) in [6, 6.07) is 2.51. The van der Waals surface area contributed by atoms with Gasteiger partial charge in [-0.2, -0.15) is 0 Å². The van der Waals surface area contributed by atoms with E-state index in [0.29, 0.717) is 18.7 Å². The summed E-state index contributed by atoms with van der Waals surface area (Å²) in [7, 11) is 0. The molecule has 0 unspecified atom stereocenters. The van der Waals surface area contributed by atoms with Gasteiger partial charge in [0.2, 0.25) is 5.91 Å². The summed E-state index contributed by atoms with van der Waals surface area (Å²) in [5.74, 6) is -1.39. The van der Waals surface area contributed by atoms with E-state index in [1.807, 2.05) is 0 Å². The fourth-order valence-corrected chi connectivity index (χ4v) is 3.88. The van der Waals surface area contributed by atoms with Crippen LogP contribution in [0.5, 0.6) is 0 Å². The Morgan fingerprint density at radius 1 is 1.35 bits per heavy atom. The number of hydrogen-bond donors (Lipinski definition) is 1. The molecule has 0 saturated carbocycles. The molecule has 0 spiro atoms. The van der Waals surface area contributed by atoms with Gasteiger partial charge in [-0.1, -0.05) is 0 Å². The third kappa shape index (κ3) is 3.82. The SMILES string of the molecule is O=C(O)[C@@H]1CCCCN1C(=O)CCN1C(=O)S/C(=C\c2ccco2)C1=O. The minimum Gasteiger partial charge on any atom is -0.480 e. The number of furan rings is 1. The highest BCUT2D eigenvalue weighted by molar-refractivity contribution is 8.18. The lowest BCUT2D eigenvalue weighted by atomic mass is 10.0. The molecule has 3 rings (SSSR count). The Bertz CT molecular complexity index is 757. The number of aliphatic carboxylic acids is 1. The van der Waals surface area contributed by atoms with Crippen molar-refractivity contribution >= 4 is 40.9 Å². The molecule has 1 N–H and O–H groups in total. The molecule has 2 fully saturated rings. The molecule has 8 nitrogen and oxygen atoms in total. The smallest absolute Gasteiger partial charge is 0.326 e. The number of carbonyl (C=O) groups is 4. The highest BCUT2D eigenvalue weighted by atomic mass is 32.2. The van der Waals surface area contributed by atoms with Gasteiger partial charge in [0, 0.05) is 25.6 Å². The Balaban J connectivity index is 1.62. The number of carboxylic acids is 1. The monoisotopic (exact) mass is 378 g/mol. The Morgan fingerprint density at radius 2 is 2.15 bits per heavy atom. The largest absolute Gasteiger partial charge is 0.480 e. The number of rotatable bonds is 5. The van der Waals surface area contributed by atoms with Gasteiger partial charge in [0.15, 0.2) is 0 Å². The first-order chi connectivity index (χ1) is 12.5. The van der Waals surface area contributed by atoms with Crippen molar-refractivity contribution in [1.29, 1.82) is 0 Å². The summed E-state index contributed by atoms with van der Waals surface area (Å²) < 4.78 is 5.14. The lowest BCUT2D eigenvalue weighted by Gasteiger charge is -2.33. The second-order valence-electron chi connectivity index (χ2n) is 6.04. The lowest BCUT2D eigenvalue weighted by Crippen LogP contribution is -2.48. The van der Waals surface area contributed by atoms with Crippen LogP contribution in [0.3, 0.4) is 0 Å². The van der Waals surface area contributed by atoms with Crippen LogP contribution < -0.4 is 0 Å². The van der Waals surface area contributed by atoms with Crippen LogP contribution in [0.4, 0.5) is 4.79 Å². The van der Waals surface area contributed by atoms with Crippen molar-refractivity contribution in [1.82, 2.24) is 9.80 Å². The topological polar surface area (TPSA) is 108 Å². The van der Waals surface area contributed by atoms with Gasteiger partial charge in [0.25, 0.3) is 11.1 Å². The predicted molar refractivity (Wildman–Crippen MR) is 93.0 cm³/mol. The van der Waals surface area contributed by atoms with Crippen molar-refractivity contribution in [2.45, 2.75) is 31.7 Å². The predicted octanol–water partition coefficient (Wildman–Crippen LogP) is 2.17. The number of piperidine rings is 1. The number of carbonyl (C=O) groups excluding carboxylic acids is 3. The van der Waals surface area contributed by atoms with E-state index >= 15 is 0 Å². The van der Waals surface area contributed by atoms with Gasteiger partial charge in [0.05, 0.1) is 11.2 Å². The second kappa shape index (κ2) is 7.77. The molecular weight excluding hydrogens is 360 g/mol. The summed E-state index contributed by atoms with van der Waals surface area (Å²) in [5, 5.41) is 8.80. The highest BCUT2D eigenvalue weighted by Crippen LogP contribution is 2.32. The molecule has 26 heavy (non-hydrogen) atoms. The van der Waals surface area contributed by atoms with E-state index in [0.717, 1.165) is 29.5 Å². The minimum absolute atomic E-state index is 0.0676. The van der Waals surface area contributed by atoms with Crippen molar-refractivity contribution < 1.29 is 28.7 Å². The summed E-state index contributed by atoms with van der Waals surface area (Å²) in [6.45, 7) is 0.317. The van der Waals surface area contributed by atoms with Crippen molar-refractivity contribution in [3.8, 4) is 0 Å². The normalized spacial score (nSPS) is 22.3. The summed E-state index contributed by atoms with van der Waals surface area (Å²) >= 11 is 0.792. The van der Waals surface area contributed by atoms with E-state index in [2.05, 4.69) is 0 Å². The Kier molecular flexibility index (Phi) is 5.46. The molecule has 138 valence electrons. The van der Waals surface area contributed by atoms with Crippen LogP contribution in [0.25, 0.3) is 6.08 Å². The molecule has 1 aromatic rings. The highest BCUT2D eigenvalue weighted by Gasteiger charge is 2.37. The van der Waals surface area contributed by atoms with E-state index in [-0.39, 0.29) is 23.8 Å². The van der Waals surface area contributed by atoms with Crippen LogP contribution in [0.2, 0.25) is 0 Å². The van der Waals surface area contributed by atoms with Gasteiger partial charge >= 0.3 is 5.97 Å². The van der Waals surface area contributed by atoms with Gasteiger partial charge in [-0.05, 0) is 43.2 Å². The van der Waals surface area contributed by atoms with Crippen molar-refractivity contribution in [3.63, 3.8) is 0 Å². The average molecular weight is 378 g/mol. The maximum atomic E-state index is 12.4. The first kappa shape index (κ1) is 18.2. The van der Waals surface area contributed by atoms with Gasteiger partial charge in [-0.3, -0.25) is 19.3 Å². The Labute approximate surface area is 153 Å². The Hall–Kier alpha value is -2.55. The molecule has 0 aliphatic carbocycles. The van der Waals surface area contributed by atoms with Crippen molar-refractivity contribution in [2.75, 3.05) is 13.1 Å². The van der Waals surface area contributed by atoms with Crippen molar-refractivity contribution in [3.05, 3.63) is 29.1 Å². The van der Waals surface area contributed by atoms with Crippen molar-refractivity contribution in [2.24, 2.45) is 0 Å². The number of amides is 3. The molecule has 0 bridgehead atoms. The van der Waals surface area contributed by atoms with E-state index in [1.165, 1.54) is 17.2 Å². The zero-order chi connectivity index (χ0) is 18.7. The average Bonchev–Trinajstić information content (AvgIpc) is 3.22. The molecular formula is C17H18N2O6S. The summed E-state index contributed by atoms with van der Waals surface area (Å²) in [6.07, 6.45) is 4.80. The zero-order valence-electron chi connectivity index (χ0n) is 13.9. The number of likely N-dealkylation sites (tertiary alicyclic amines) is 1. The van der Waals surface area contributed by atoms with E-state index in [4.69, 9.17) is 4.42 Å². The number of thioether (sulfide) groups is 1. The summed E-state index contributed by atoms with van der Waals surface area (Å²) in [4.78, 5) is 50.7. The van der Waals surface area contributed by atoms with Gasteiger partial charge in [0.1, 0.15) is 11.8 Å². The third-order valence-electron chi connectivity index (χ3n) is 4.35. The number of hydrogen-bond acceptors (Lipinski definition) is 6. The number of nitrogens with zero attached hydrogens (tertiary/aromatic N) is 2. The molecule has 3 amide bonds. The third-order valence-corrected chi connectivity index (χ3v) is 5.26. The molecule has 9 heteroatoms. The van der Waals surface area contributed by atoms with E-state index < -0.39 is 23.2 Å². The minimum atomic E-state index is -1.02. The second-order valence-corrected chi connectivity index (χ2v) is 7.03. The summed E-state index contributed by atoms with van der Waals surface area (Å²) in [5.41, 5.74) is 0. The fourth-order valence-electron chi connectivity index (χ4n) is 3.03. The zero-order valence-corrected chi connectivity index (χ0v) is 14.7. The van der Waals surface area contributed by atoms with Crippen LogP contribution in [0.1, 0.15) is 31.4 Å². The van der Waals surface area contributed by atoms with E-state index in [1.54, 1.807) is 12.1 Å². The fraction of sp³-hybridized carbons (Fsp3) is 0.412. The van der Waals surface area contributed by atoms with Gasteiger partial charge < -0.3 is 14.4 Å². The standard InChI is InChI=1S/C17H18N2O6S/c20-14(18-7-2-1-5-12(18)16(22)23)6-8-19-15(21)13(26-17(19)24)10-11-4-3-9-25-11/h3-4,9-10,12H,1-2,5-8H2,(H,22,23)/b13-10-/t12-/m0/s1. The maximum absolute atomic E-state index is 12.4. The molecule has 2 aliphatic rings. The molecule has 0 aromatic carbocycles. The Morgan fingerprint density at radius 3 is 2.85 bits per heavy atom. The molecule has 2 aliphatic heterocycles. The van der Waals surface area contributed by atoms with Crippen LogP contribution in [-0.2, 0) is 14.4 Å². The molecule has 2 saturated heterocycles.